The molecule has 0 radical (unpaired) electrons. The minimum atomic E-state index is 0.776. The fourth-order valence-electron chi connectivity index (χ4n) is 0.979. The van der Waals surface area contributed by atoms with Gasteiger partial charge in [-0.25, -0.2) is 0 Å². The summed E-state index contributed by atoms with van der Waals surface area (Å²) >= 11 is 0. The molecule has 0 N–H and O–H groups in total. The third-order valence-electron chi connectivity index (χ3n) is 1.67. The average molecular weight is 179 g/mol. The number of rotatable bonds is 4. The Bertz CT molecular complexity index is 267. The first kappa shape index (κ1) is 9.58. The minimum Gasteiger partial charge on any atom is -0.497 e. The predicted molar refractivity (Wildman–Crippen MR) is 52.2 cm³/mol. The van der Waals surface area contributed by atoms with Crippen LogP contribution in [0, 0.1) is 0 Å². The Labute approximate surface area is 78.0 Å². The predicted octanol–water partition coefficient (Wildman–Crippen LogP) is 1.87. The van der Waals surface area contributed by atoms with Gasteiger partial charge in [-0.15, -0.1) is 0 Å². The molecule has 0 unspecified atom stereocenters. The normalized spacial score (nSPS) is 10.3. The second-order valence-corrected chi connectivity index (χ2v) is 2.52. The largest absolute Gasteiger partial charge is 0.497 e. The van der Waals surface area contributed by atoms with E-state index in [1.54, 1.807) is 13.3 Å². The van der Waals surface area contributed by atoms with Gasteiger partial charge in [-0.1, -0.05) is 17.3 Å². The molecule has 1 rings (SSSR count). The second kappa shape index (κ2) is 5.19. The van der Waals surface area contributed by atoms with Crippen molar-refractivity contribution >= 4 is 6.21 Å². The van der Waals surface area contributed by atoms with Gasteiger partial charge >= 0.3 is 0 Å². The summed E-state index contributed by atoms with van der Waals surface area (Å²) < 4.78 is 5.04. The van der Waals surface area contributed by atoms with Crippen LogP contribution in [-0.2, 0) is 11.3 Å². The highest BCUT2D eigenvalue weighted by molar-refractivity contribution is 5.60. The topological polar surface area (TPSA) is 30.8 Å². The summed E-state index contributed by atoms with van der Waals surface area (Å²) in [5.41, 5.74) is 1.18. The van der Waals surface area contributed by atoms with E-state index in [9.17, 15) is 0 Å². The summed E-state index contributed by atoms with van der Waals surface area (Å²) in [4.78, 5) is 4.55. The van der Waals surface area contributed by atoms with E-state index in [1.807, 2.05) is 24.3 Å². The molecular weight excluding hydrogens is 166 g/mol. The zero-order valence-corrected chi connectivity index (χ0v) is 7.86. The van der Waals surface area contributed by atoms with Gasteiger partial charge in [0.15, 0.2) is 0 Å². The van der Waals surface area contributed by atoms with Crippen LogP contribution in [-0.4, -0.2) is 20.4 Å². The number of oxime groups is 1. The molecule has 0 saturated heterocycles. The lowest BCUT2D eigenvalue weighted by molar-refractivity contribution is 0.215. The Balaban J connectivity index is 2.54. The number of nitrogens with zero attached hydrogens (tertiary/aromatic N) is 1. The van der Waals surface area contributed by atoms with Crippen LogP contribution in [0.1, 0.15) is 5.56 Å². The molecule has 0 aromatic heterocycles. The molecule has 1 aromatic rings. The highest BCUT2D eigenvalue weighted by atomic mass is 16.6. The Morgan fingerprint density at radius 2 is 1.92 bits per heavy atom. The molecule has 0 heterocycles. The number of methoxy groups -OCH3 is 1. The van der Waals surface area contributed by atoms with Crippen LogP contribution >= 0.6 is 0 Å². The van der Waals surface area contributed by atoms with Gasteiger partial charge in [0.1, 0.15) is 12.9 Å². The molecule has 0 spiro atoms. The van der Waals surface area contributed by atoms with Crippen LogP contribution in [0.3, 0.4) is 0 Å². The van der Waals surface area contributed by atoms with Crippen molar-refractivity contribution in [2.75, 3.05) is 14.2 Å². The highest BCUT2D eigenvalue weighted by Crippen LogP contribution is 2.10. The number of benzene rings is 1. The Kier molecular flexibility index (Phi) is 3.82. The molecule has 3 heteroatoms. The summed E-state index contributed by atoms with van der Waals surface area (Å²) in [6.07, 6.45) is 2.50. The zero-order valence-electron chi connectivity index (χ0n) is 7.86. The maximum absolute atomic E-state index is 5.04. The van der Waals surface area contributed by atoms with Gasteiger partial charge in [-0.2, -0.15) is 0 Å². The van der Waals surface area contributed by atoms with E-state index >= 15 is 0 Å². The van der Waals surface area contributed by atoms with Crippen molar-refractivity contribution in [2.45, 2.75) is 6.42 Å². The molecule has 0 amide bonds. The summed E-state index contributed by atoms with van der Waals surface area (Å²) in [5.74, 6) is 0.868. The van der Waals surface area contributed by atoms with Crippen molar-refractivity contribution in [2.24, 2.45) is 5.16 Å². The molecular formula is C10H13NO2. The smallest absolute Gasteiger partial charge is 0.118 e. The van der Waals surface area contributed by atoms with Crippen LogP contribution in [0.25, 0.3) is 0 Å². The fraction of sp³-hybridized carbons (Fsp3) is 0.300. The molecule has 0 aliphatic heterocycles. The van der Waals surface area contributed by atoms with E-state index in [-0.39, 0.29) is 0 Å². The van der Waals surface area contributed by atoms with Crippen molar-refractivity contribution in [3.63, 3.8) is 0 Å². The first-order valence-corrected chi connectivity index (χ1v) is 4.04. The monoisotopic (exact) mass is 179 g/mol. The molecule has 0 aliphatic rings. The lowest BCUT2D eigenvalue weighted by Crippen LogP contribution is -1.87. The first-order chi connectivity index (χ1) is 6.36. The quantitative estimate of drug-likeness (QED) is 0.522. The average Bonchev–Trinajstić information content (AvgIpc) is 2.19. The summed E-state index contributed by atoms with van der Waals surface area (Å²) in [6.45, 7) is 0. The van der Waals surface area contributed by atoms with E-state index in [0.29, 0.717) is 0 Å². The molecule has 70 valence electrons. The Hall–Kier alpha value is -1.51. The lowest BCUT2D eigenvalue weighted by atomic mass is 10.2. The van der Waals surface area contributed by atoms with Crippen LogP contribution < -0.4 is 4.74 Å². The zero-order chi connectivity index (χ0) is 9.52. The van der Waals surface area contributed by atoms with Crippen molar-refractivity contribution in [3.05, 3.63) is 29.8 Å². The molecule has 13 heavy (non-hydrogen) atoms. The Morgan fingerprint density at radius 1 is 1.23 bits per heavy atom. The van der Waals surface area contributed by atoms with Crippen LogP contribution in [0.15, 0.2) is 29.4 Å². The first-order valence-electron chi connectivity index (χ1n) is 4.04. The van der Waals surface area contributed by atoms with E-state index in [1.165, 1.54) is 12.7 Å². The molecule has 0 saturated carbocycles. The number of ether oxygens (including phenoxy) is 1. The van der Waals surface area contributed by atoms with E-state index in [4.69, 9.17) is 4.74 Å². The van der Waals surface area contributed by atoms with Gasteiger partial charge < -0.3 is 9.57 Å². The van der Waals surface area contributed by atoms with Gasteiger partial charge in [0, 0.05) is 12.6 Å². The van der Waals surface area contributed by atoms with Crippen LogP contribution in [0.2, 0.25) is 0 Å². The van der Waals surface area contributed by atoms with Crippen molar-refractivity contribution < 1.29 is 9.57 Å². The SMILES string of the molecule is CON=CCc1ccc(OC)cc1. The summed E-state index contributed by atoms with van der Waals surface area (Å²) in [5, 5.41) is 3.65. The second-order valence-electron chi connectivity index (χ2n) is 2.52. The fourth-order valence-corrected chi connectivity index (χ4v) is 0.979. The van der Waals surface area contributed by atoms with Crippen LogP contribution in [0.5, 0.6) is 5.75 Å². The number of hydrogen-bond acceptors (Lipinski definition) is 3. The number of hydrogen-bond donors (Lipinski definition) is 0. The highest BCUT2D eigenvalue weighted by Gasteiger charge is 1.91. The summed E-state index contributed by atoms with van der Waals surface area (Å²) in [7, 11) is 3.19. The third kappa shape index (κ3) is 3.15. The van der Waals surface area contributed by atoms with E-state index in [0.717, 1.165) is 12.2 Å². The van der Waals surface area contributed by atoms with Gasteiger partial charge in [-0.05, 0) is 17.7 Å². The molecule has 0 atom stereocenters. The van der Waals surface area contributed by atoms with E-state index < -0.39 is 0 Å². The minimum absolute atomic E-state index is 0.776. The molecule has 3 nitrogen and oxygen atoms in total. The van der Waals surface area contributed by atoms with E-state index in [2.05, 4.69) is 9.99 Å². The summed E-state index contributed by atoms with van der Waals surface area (Å²) in [6, 6.07) is 7.85. The van der Waals surface area contributed by atoms with Crippen LogP contribution in [0.4, 0.5) is 0 Å². The van der Waals surface area contributed by atoms with Crippen molar-refractivity contribution in [1.82, 2.24) is 0 Å². The van der Waals surface area contributed by atoms with Gasteiger partial charge in [-0.3, -0.25) is 0 Å². The third-order valence-corrected chi connectivity index (χ3v) is 1.67. The van der Waals surface area contributed by atoms with Crippen molar-refractivity contribution in [3.8, 4) is 5.75 Å². The molecule has 0 fully saturated rings. The molecule has 0 aliphatic carbocycles. The molecule has 1 aromatic carbocycles. The van der Waals surface area contributed by atoms with Gasteiger partial charge in [0.05, 0.1) is 7.11 Å². The van der Waals surface area contributed by atoms with Crippen molar-refractivity contribution in [1.29, 1.82) is 0 Å². The maximum atomic E-state index is 5.04. The Morgan fingerprint density at radius 3 is 2.46 bits per heavy atom. The van der Waals surface area contributed by atoms with Gasteiger partial charge in [0.25, 0.3) is 0 Å². The lowest BCUT2D eigenvalue weighted by Gasteiger charge is -1.99. The van der Waals surface area contributed by atoms with Gasteiger partial charge in [0.2, 0.25) is 0 Å². The standard InChI is InChI=1S/C10H13NO2/c1-12-10-5-3-9(4-6-10)7-8-11-13-2/h3-6,8H,7H2,1-2H3. The molecule has 0 bridgehead atoms. The maximum Gasteiger partial charge on any atom is 0.118 e.